The zero-order chi connectivity index (χ0) is 8.39. The molecule has 64 valence electrons. The third-order valence-corrected chi connectivity index (χ3v) is 2.34. The highest BCUT2D eigenvalue weighted by Crippen LogP contribution is 2.24. The first-order valence-corrected chi connectivity index (χ1v) is 4.27. The molecule has 0 aromatic heterocycles. The van der Waals surface area contributed by atoms with E-state index in [1.54, 1.807) is 7.11 Å². The molecule has 1 aromatic rings. The molecule has 2 nitrogen and oxygen atoms in total. The fourth-order valence-electron chi connectivity index (χ4n) is 1.41. The number of methoxy groups -OCH3 is 1. The highest BCUT2D eigenvalue weighted by molar-refractivity contribution is 5.29. The number of ether oxygens (including phenoxy) is 1. The minimum Gasteiger partial charge on any atom is -0.497 e. The van der Waals surface area contributed by atoms with Crippen molar-refractivity contribution in [2.75, 3.05) is 13.7 Å². The van der Waals surface area contributed by atoms with E-state index in [-0.39, 0.29) is 0 Å². The summed E-state index contributed by atoms with van der Waals surface area (Å²) >= 11 is 0. The molecule has 0 amide bonds. The van der Waals surface area contributed by atoms with Crippen LogP contribution >= 0.6 is 0 Å². The smallest absolute Gasteiger partial charge is 0.118 e. The molecule has 0 aliphatic carbocycles. The number of hydrogen-bond acceptors (Lipinski definition) is 2. The van der Waals surface area contributed by atoms with Gasteiger partial charge in [-0.3, -0.25) is 0 Å². The second kappa shape index (κ2) is 3.15. The van der Waals surface area contributed by atoms with Gasteiger partial charge < -0.3 is 10.1 Å². The Hall–Kier alpha value is -1.02. The van der Waals surface area contributed by atoms with E-state index in [0.717, 1.165) is 12.3 Å². The average molecular weight is 163 g/mol. The van der Waals surface area contributed by atoms with Crippen LogP contribution in [-0.2, 0) is 0 Å². The van der Waals surface area contributed by atoms with Gasteiger partial charge in [-0.25, -0.2) is 0 Å². The Balaban J connectivity index is 2.13. The fourth-order valence-corrected chi connectivity index (χ4v) is 1.41. The highest BCUT2D eigenvalue weighted by Gasteiger charge is 2.17. The normalized spacial score (nSPS) is 21.6. The van der Waals surface area contributed by atoms with Crippen molar-refractivity contribution >= 4 is 0 Å². The second-order valence-electron chi connectivity index (χ2n) is 3.07. The second-order valence-corrected chi connectivity index (χ2v) is 3.07. The van der Waals surface area contributed by atoms with Gasteiger partial charge in [0.1, 0.15) is 5.75 Å². The van der Waals surface area contributed by atoms with E-state index >= 15 is 0 Å². The maximum atomic E-state index is 5.08. The standard InChI is InChI=1S/C10H13NO/c1-12-9-4-2-8(3-5-9)10-6-7-11-10/h2-5,10-11H,6-7H2,1H3. The number of benzene rings is 1. The van der Waals surface area contributed by atoms with Crippen molar-refractivity contribution in [2.45, 2.75) is 12.5 Å². The predicted molar refractivity (Wildman–Crippen MR) is 48.4 cm³/mol. The van der Waals surface area contributed by atoms with Crippen molar-refractivity contribution in [1.82, 2.24) is 5.32 Å². The number of rotatable bonds is 2. The highest BCUT2D eigenvalue weighted by atomic mass is 16.5. The predicted octanol–water partition coefficient (Wildman–Crippen LogP) is 1.73. The molecule has 1 aliphatic rings. The third-order valence-electron chi connectivity index (χ3n) is 2.34. The lowest BCUT2D eigenvalue weighted by Gasteiger charge is -2.27. The van der Waals surface area contributed by atoms with Crippen molar-refractivity contribution in [3.8, 4) is 5.75 Å². The summed E-state index contributed by atoms with van der Waals surface area (Å²) in [6.07, 6.45) is 1.26. The van der Waals surface area contributed by atoms with Crippen molar-refractivity contribution in [3.05, 3.63) is 29.8 Å². The van der Waals surface area contributed by atoms with E-state index < -0.39 is 0 Å². The molecule has 1 fully saturated rings. The largest absolute Gasteiger partial charge is 0.497 e. The minimum absolute atomic E-state index is 0.580. The van der Waals surface area contributed by atoms with Crippen molar-refractivity contribution in [3.63, 3.8) is 0 Å². The van der Waals surface area contributed by atoms with Crippen molar-refractivity contribution < 1.29 is 4.74 Å². The number of nitrogens with one attached hydrogen (secondary N) is 1. The quantitative estimate of drug-likeness (QED) is 0.717. The van der Waals surface area contributed by atoms with Gasteiger partial charge in [-0.1, -0.05) is 12.1 Å². The van der Waals surface area contributed by atoms with Crippen LogP contribution in [0.1, 0.15) is 18.0 Å². The molecule has 1 aromatic carbocycles. The molecule has 0 radical (unpaired) electrons. The van der Waals surface area contributed by atoms with E-state index in [2.05, 4.69) is 17.4 Å². The Morgan fingerprint density at radius 1 is 1.33 bits per heavy atom. The van der Waals surface area contributed by atoms with E-state index in [1.807, 2.05) is 12.1 Å². The molecule has 1 aliphatic heterocycles. The Kier molecular flexibility index (Phi) is 2.00. The van der Waals surface area contributed by atoms with Crippen LogP contribution < -0.4 is 10.1 Å². The summed E-state index contributed by atoms with van der Waals surface area (Å²) in [6.45, 7) is 1.15. The maximum absolute atomic E-state index is 5.08. The molecule has 2 heteroatoms. The van der Waals surface area contributed by atoms with Gasteiger partial charge in [-0.05, 0) is 30.7 Å². The topological polar surface area (TPSA) is 21.3 Å². The molecule has 1 unspecified atom stereocenters. The van der Waals surface area contributed by atoms with Crippen LogP contribution in [-0.4, -0.2) is 13.7 Å². The SMILES string of the molecule is COc1ccc(C2CCN2)cc1. The van der Waals surface area contributed by atoms with E-state index in [0.29, 0.717) is 6.04 Å². The molecule has 0 spiro atoms. The van der Waals surface area contributed by atoms with Gasteiger partial charge in [0.05, 0.1) is 7.11 Å². The van der Waals surface area contributed by atoms with Crippen molar-refractivity contribution in [1.29, 1.82) is 0 Å². The zero-order valence-corrected chi connectivity index (χ0v) is 7.21. The summed E-state index contributed by atoms with van der Waals surface area (Å²) in [4.78, 5) is 0. The Morgan fingerprint density at radius 2 is 2.00 bits per heavy atom. The van der Waals surface area contributed by atoms with Crippen LogP contribution in [0.2, 0.25) is 0 Å². The molecule has 0 bridgehead atoms. The summed E-state index contributed by atoms with van der Waals surface area (Å²) in [5.41, 5.74) is 1.36. The van der Waals surface area contributed by atoms with Gasteiger partial charge in [0, 0.05) is 6.04 Å². The lowest BCUT2D eigenvalue weighted by Crippen LogP contribution is -2.34. The summed E-state index contributed by atoms with van der Waals surface area (Å²) in [5.74, 6) is 0.929. The van der Waals surface area contributed by atoms with Crippen LogP contribution in [0.15, 0.2) is 24.3 Å². The summed E-state index contributed by atoms with van der Waals surface area (Å²) < 4.78 is 5.08. The summed E-state index contributed by atoms with van der Waals surface area (Å²) in [6, 6.07) is 8.84. The van der Waals surface area contributed by atoms with Crippen LogP contribution in [0.5, 0.6) is 5.75 Å². The van der Waals surface area contributed by atoms with Gasteiger partial charge in [-0.2, -0.15) is 0 Å². The molecule has 0 saturated carbocycles. The molecule has 12 heavy (non-hydrogen) atoms. The Bertz CT molecular complexity index is 251. The van der Waals surface area contributed by atoms with E-state index in [4.69, 9.17) is 4.74 Å². The minimum atomic E-state index is 0.580. The van der Waals surface area contributed by atoms with Crippen LogP contribution in [0.4, 0.5) is 0 Å². The molecular formula is C10H13NO. The molecule has 1 saturated heterocycles. The van der Waals surface area contributed by atoms with Gasteiger partial charge in [0.15, 0.2) is 0 Å². The van der Waals surface area contributed by atoms with Gasteiger partial charge >= 0.3 is 0 Å². The lowest BCUT2D eigenvalue weighted by molar-refractivity contribution is 0.381. The Labute approximate surface area is 72.5 Å². The lowest BCUT2D eigenvalue weighted by atomic mass is 9.98. The number of hydrogen-bond donors (Lipinski definition) is 1. The molecule has 1 N–H and O–H groups in total. The molecule has 1 heterocycles. The first kappa shape index (κ1) is 7.62. The van der Waals surface area contributed by atoms with Gasteiger partial charge in [0.2, 0.25) is 0 Å². The summed E-state index contributed by atoms with van der Waals surface area (Å²) in [5, 5.41) is 3.36. The van der Waals surface area contributed by atoms with Crippen LogP contribution in [0, 0.1) is 0 Å². The van der Waals surface area contributed by atoms with Crippen LogP contribution in [0.25, 0.3) is 0 Å². The zero-order valence-electron chi connectivity index (χ0n) is 7.21. The fraction of sp³-hybridized carbons (Fsp3) is 0.400. The van der Waals surface area contributed by atoms with Gasteiger partial charge in [-0.15, -0.1) is 0 Å². The monoisotopic (exact) mass is 163 g/mol. The Morgan fingerprint density at radius 3 is 2.42 bits per heavy atom. The third kappa shape index (κ3) is 1.30. The van der Waals surface area contributed by atoms with Crippen LogP contribution in [0.3, 0.4) is 0 Å². The molecule has 1 atom stereocenters. The van der Waals surface area contributed by atoms with E-state index in [1.165, 1.54) is 12.0 Å². The van der Waals surface area contributed by atoms with Crippen molar-refractivity contribution in [2.24, 2.45) is 0 Å². The first-order valence-electron chi connectivity index (χ1n) is 4.27. The molecular weight excluding hydrogens is 150 g/mol. The maximum Gasteiger partial charge on any atom is 0.118 e. The average Bonchev–Trinajstić information content (AvgIpc) is 2.03. The van der Waals surface area contributed by atoms with E-state index in [9.17, 15) is 0 Å². The van der Waals surface area contributed by atoms with Gasteiger partial charge in [0.25, 0.3) is 0 Å². The summed E-state index contributed by atoms with van der Waals surface area (Å²) in [7, 11) is 1.69. The first-order chi connectivity index (χ1) is 5.90. The molecule has 2 rings (SSSR count).